The number of hydrogen-bond donors (Lipinski definition) is 0. The van der Waals surface area contributed by atoms with Gasteiger partial charge in [-0.15, -0.1) is 0 Å². The van der Waals surface area contributed by atoms with Crippen molar-refractivity contribution in [2.75, 3.05) is 0 Å². The van der Waals surface area contributed by atoms with Gasteiger partial charge in [0.2, 0.25) is 0 Å². The lowest BCUT2D eigenvalue weighted by Gasteiger charge is -2.05. The zero-order valence-electron chi connectivity index (χ0n) is 11.7. The Morgan fingerprint density at radius 1 is 0.706 bits per heavy atom. The third-order valence-electron chi connectivity index (χ3n) is 2.57. The van der Waals surface area contributed by atoms with E-state index in [1.54, 1.807) is 0 Å². The largest absolute Gasteiger partial charge is 0.446 e. The van der Waals surface area contributed by atoms with Gasteiger partial charge in [-0.3, -0.25) is 0 Å². The van der Waals surface area contributed by atoms with Crippen LogP contribution in [0.25, 0.3) is 0 Å². The quantitative estimate of drug-likeness (QED) is 0.344. The van der Waals surface area contributed by atoms with Crippen LogP contribution in [0.5, 0.6) is 0 Å². The molecule has 0 aromatic heterocycles. The van der Waals surface area contributed by atoms with Gasteiger partial charge in [-0.05, 0) is 12.1 Å². The fourth-order valence-electron chi connectivity index (χ4n) is 1.58. The Kier molecular flexibility index (Phi) is 17.5. The first-order valence-electron chi connectivity index (χ1n) is 7.15. The Hall–Kier alpha value is 0.748. The van der Waals surface area contributed by atoms with Crippen molar-refractivity contribution in [3.63, 3.8) is 0 Å². The molecule has 0 fully saturated rings. The lowest BCUT2D eigenvalue weighted by atomic mass is 10.1. The van der Waals surface area contributed by atoms with Crippen molar-refractivity contribution in [3.05, 3.63) is 0 Å². The van der Waals surface area contributed by atoms with Crippen LogP contribution in [-0.4, -0.2) is 39.5 Å². The molecule has 0 saturated heterocycles. The molecule has 0 unspecified atom stereocenters. The van der Waals surface area contributed by atoms with Crippen molar-refractivity contribution in [1.82, 2.24) is 0 Å². The summed E-state index contributed by atoms with van der Waals surface area (Å²) < 4.78 is 16.7. The molecule has 0 aliphatic rings. The molecule has 0 saturated carbocycles. The summed E-state index contributed by atoms with van der Waals surface area (Å²) in [6.07, 6.45) is 8.35. The molecule has 0 atom stereocenters. The second kappa shape index (κ2) is 16.7. The second-order valence-corrected chi connectivity index (χ2v) is 12.3. The van der Waals surface area contributed by atoms with Crippen molar-refractivity contribution in [2.45, 2.75) is 64.5 Å². The minimum atomic E-state index is -0.644. The predicted molar refractivity (Wildman–Crippen MR) is 86.1 cm³/mol. The summed E-state index contributed by atoms with van der Waals surface area (Å²) in [7, 11) is -1.75. The van der Waals surface area contributed by atoms with E-state index in [9.17, 15) is 0 Å². The lowest BCUT2D eigenvalue weighted by molar-refractivity contribution is 0.432. The average Bonchev–Trinajstić information content (AvgIpc) is 2.35. The maximum atomic E-state index is 5.67. The zero-order chi connectivity index (χ0) is 12.6. The first-order chi connectivity index (χ1) is 8.41. The van der Waals surface area contributed by atoms with Gasteiger partial charge in [-0.25, -0.2) is 0 Å². The molecule has 0 radical (unpaired) electrons. The van der Waals surface area contributed by atoms with Gasteiger partial charge in [-0.1, -0.05) is 52.4 Å². The number of hydrogen-bond acceptors (Lipinski definition) is 3. The van der Waals surface area contributed by atoms with Gasteiger partial charge in [0.05, 0.1) is 0 Å². The monoisotopic (exact) mass is 310 g/mol. The Morgan fingerprint density at radius 2 is 1.35 bits per heavy atom. The third kappa shape index (κ3) is 16.7. The van der Waals surface area contributed by atoms with Crippen molar-refractivity contribution >= 4 is 39.5 Å². The standard InChI is InChI=1S/C10H30O3Si4/c1-3-5-6-7-8-9-10-15-12-17-13-16-11-14-4-2/h3-10,14-17H2,1-2H3. The van der Waals surface area contributed by atoms with Gasteiger partial charge in [0, 0.05) is 0 Å². The number of unbranched alkanes of at least 4 members (excludes halogenated alkanes) is 5. The van der Waals surface area contributed by atoms with E-state index in [0.717, 1.165) is 0 Å². The van der Waals surface area contributed by atoms with Crippen LogP contribution in [0.15, 0.2) is 0 Å². The Morgan fingerprint density at radius 3 is 2.06 bits per heavy atom. The molecule has 0 heterocycles. The van der Waals surface area contributed by atoms with Gasteiger partial charge in [0.15, 0.2) is 0 Å². The van der Waals surface area contributed by atoms with Crippen molar-refractivity contribution in [2.24, 2.45) is 0 Å². The second-order valence-electron chi connectivity index (χ2n) is 4.38. The minimum Gasteiger partial charge on any atom is -0.446 e. The van der Waals surface area contributed by atoms with Crippen LogP contribution >= 0.6 is 0 Å². The van der Waals surface area contributed by atoms with Crippen molar-refractivity contribution in [1.29, 1.82) is 0 Å². The predicted octanol–water partition coefficient (Wildman–Crippen LogP) is 0.418. The lowest BCUT2D eigenvalue weighted by Crippen LogP contribution is -2.14. The molecule has 0 aromatic carbocycles. The van der Waals surface area contributed by atoms with Crippen molar-refractivity contribution < 1.29 is 12.3 Å². The molecule has 17 heavy (non-hydrogen) atoms. The van der Waals surface area contributed by atoms with Crippen LogP contribution in [0.4, 0.5) is 0 Å². The summed E-state index contributed by atoms with van der Waals surface area (Å²) in [6, 6.07) is 2.57. The van der Waals surface area contributed by atoms with E-state index in [-0.39, 0.29) is 19.5 Å². The zero-order valence-corrected chi connectivity index (χ0v) is 17.4. The first-order valence-corrected chi connectivity index (χ1v) is 12.6. The molecule has 0 bridgehead atoms. The molecule has 0 aliphatic carbocycles. The smallest absolute Gasteiger partial charge is 0.284 e. The van der Waals surface area contributed by atoms with Crippen LogP contribution in [0.3, 0.4) is 0 Å². The van der Waals surface area contributed by atoms with E-state index in [1.807, 2.05) is 0 Å². The van der Waals surface area contributed by atoms with Crippen LogP contribution in [0.1, 0.15) is 52.4 Å². The normalized spacial score (nSPS) is 13.8. The van der Waals surface area contributed by atoms with Crippen LogP contribution in [0.2, 0.25) is 12.1 Å². The fraction of sp³-hybridized carbons (Fsp3) is 1.00. The van der Waals surface area contributed by atoms with Gasteiger partial charge < -0.3 is 12.3 Å². The molecule has 0 rings (SSSR count). The summed E-state index contributed by atoms with van der Waals surface area (Å²) in [4.78, 5) is 0. The van der Waals surface area contributed by atoms with E-state index in [0.29, 0.717) is 0 Å². The van der Waals surface area contributed by atoms with Crippen LogP contribution in [0, 0.1) is 0 Å². The van der Waals surface area contributed by atoms with Crippen LogP contribution < -0.4 is 0 Å². The summed E-state index contributed by atoms with van der Waals surface area (Å²) in [5.41, 5.74) is 0. The molecule has 104 valence electrons. The molecular formula is C10H30O3Si4. The van der Waals surface area contributed by atoms with E-state index in [2.05, 4.69) is 13.8 Å². The maximum Gasteiger partial charge on any atom is 0.284 e. The summed E-state index contributed by atoms with van der Waals surface area (Å²) in [6.45, 7) is 4.45. The number of rotatable bonds is 14. The molecule has 0 spiro atoms. The molecule has 3 nitrogen and oxygen atoms in total. The van der Waals surface area contributed by atoms with Gasteiger partial charge >= 0.3 is 0 Å². The highest BCUT2D eigenvalue weighted by Gasteiger charge is 1.94. The van der Waals surface area contributed by atoms with Crippen molar-refractivity contribution in [3.8, 4) is 0 Å². The Balaban J connectivity index is 2.85. The van der Waals surface area contributed by atoms with Crippen LogP contribution in [-0.2, 0) is 12.3 Å². The fourth-order valence-corrected chi connectivity index (χ4v) is 8.38. The topological polar surface area (TPSA) is 27.7 Å². The van der Waals surface area contributed by atoms with E-state index in [4.69, 9.17) is 12.3 Å². The molecular weight excluding hydrogens is 280 g/mol. The maximum absolute atomic E-state index is 5.67. The van der Waals surface area contributed by atoms with E-state index >= 15 is 0 Å². The molecule has 0 aromatic rings. The first kappa shape index (κ1) is 17.7. The third-order valence-corrected chi connectivity index (χ3v) is 8.75. The van der Waals surface area contributed by atoms with E-state index < -0.39 is 20.0 Å². The highest BCUT2D eigenvalue weighted by atomic mass is 28.4. The SMILES string of the molecule is CCCCCCCC[SiH2]O[SiH2]O[SiH2]O[SiH2]CC. The summed E-state index contributed by atoms with van der Waals surface area (Å²) in [5.74, 6) is 0. The highest BCUT2D eigenvalue weighted by molar-refractivity contribution is 6.46. The Bertz CT molecular complexity index is 127. The summed E-state index contributed by atoms with van der Waals surface area (Å²) in [5, 5.41) is 0. The van der Waals surface area contributed by atoms with E-state index in [1.165, 1.54) is 50.6 Å². The summed E-state index contributed by atoms with van der Waals surface area (Å²) >= 11 is 0. The average molecular weight is 311 g/mol. The Labute approximate surface area is 116 Å². The molecule has 0 amide bonds. The highest BCUT2D eigenvalue weighted by Crippen LogP contribution is 2.06. The van der Waals surface area contributed by atoms with Gasteiger partial charge in [-0.2, -0.15) is 0 Å². The molecule has 0 N–H and O–H groups in total. The minimum absolute atomic E-state index is 0.222. The van der Waals surface area contributed by atoms with Gasteiger partial charge in [0.25, 0.3) is 20.0 Å². The molecule has 0 aliphatic heterocycles. The molecule has 7 heteroatoms. The van der Waals surface area contributed by atoms with Gasteiger partial charge in [0.1, 0.15) is 19.5 Å².